The maximum Gasteiger partial charge on any atom is 0.410 e. The molecular formula is C20H21NO4. The van der Waals surface area contributed by atoms with Gasteiger partial charge in [0.15, 0.2) is 0 Å². The SMILES string of the molecule is C[C@@H]1C[C@H](c2cccc(C(=O)O)c2)CN1C(=O)OCc1ccccc1. The van der Waals surface area contributed by atoms with E-state index in [2.05, 4.69) is 0 Å². The first-order chi connectivity index (χ1) is 12.0. The average Bonchev–Trinajstić information content (AvgIpc) is 3.02. The molecule has 1 amide bonds. The predicted molar refractivity (Wildman–Crippen MR) is 93.6 cm³/mol. The summed E-state index contributed by atoms with van der Waals surface area (Å²) in [5, 5.41) is 9.14. The van der Waals surface area contributed by atoms with Crippen molar-refractivity contribution >= 4 is 12.1 Å². The Morgan fingerprint density at radius 1 is 1.16 bits per heavy atom. The minimum atomic E-state index is -0.938. The molecule has 0 saturated carbocycles. The normalized spacial score (nSPS) is 19.6. The number of hydrogen-bond acceptors (Lipinski definition) is 3. The molecule has 0 radical (unpaired) electrons. The Kier molecular flexibility index (Phi) is 5.03. The van der Waals surface area contributed by atoms with Gasteiger partial charge in [0.1, 0.15) is 6.61 Å². The van der Waals surface area contributed by atoms with Gasteiger partial charge >= 0.3 is 12.1 Å². The fraction of sp³-hybridized carbons (Fsp3) is 0.300. The first kappa shape index (κ1) is 17.0. The van der Waals surface area contributed by atoms with Crippen LogP contribution in [0.15, 0.2) is 54.6 Å². The Bertz CT molecular complexity index is 759. The molecule has 5 nitrogen and oxygen atoms in total. The van der Waals surface area contributed by atoms with Gasteiger partial charge in [-0.1, -0.05) is 42.5 Å². The molecule has 1 saturated heterocycles. The highest BCUT2D eigenvalue weighted by molar-refractivity contribution is 5.87. The second kappa shape index (κ2) is 7.38. The van der Waals surface area contributed by atoms with Gasteiger partial charge in [0.05, 0.1) is 5.56 Å². The minimum absolute atomic E-state index is 0.0572. The highest BCUT2D eigenvalue weighted by atomic mass is 16.6. The molecule has 0 aliphatic carbocycles. The maximum atomic E-state index is 12.4. The minimum Gasteiger partial charge on any atom is -0.478 e. The number of carbonyl (C=O) groups excluding carboxylic acids is 1. The van der Waals surface area contributed by atoms with Crippen LogP contribution in [0, 0.1) is 0 Å². The number of hydrogen-bond donors (Lipinski definition) is 1. The molecule has 1 fully saturated rings. The van der Waals surface area contributed by atoms with E-state index in [1.54, 1.807) is 23.1 Å². The third-order valence-corrected chi connectivity index (χ3v) is 4.62. The summed E-state index contributed by atoms with van der Waals surface area (Å²) in [6, 6.07) is 16.6. The lowest BCUT2D eigenvalue weighted by molar-refractivity contribution is 0.0696. The third-order valence-electron chi connectivity index (χ3n) is 4.62. The van der Waals surface area contributed by atoms with Crippen LogP contribution in [0.4, 0.5) is 4.79 Å². The van der Waals surface area contributed by atoms with Crippen molar-refractivity contribution in [2.75, 3.05) is 6.54 Å². The average molecular weight is 339 g/mol. The zero-order valence-electron chi connectivity index (χ0n) is 14.1. The molecule has 1 heterocycles. The van der Waals surface area contributed by atoms with Crippen LogP contribution in [-0.4, -0.2) is 34.7 Å². The molecule has 0 aromatic heterocycles. The fourth-order valence-corrected chi connectivity index (χ4v) is 3.25. The lowest BCUT2D eigenvalue weighted by atomic mass is 9.95. The van der Waals surface area contributed by atoms with E-state index in [4.69, 9.17) is 9.84 Å². The maximum absolute atomic E-state index is 12.4. The first-order valence-electron chi connectivity index (χ1n) is 8.35. The highest BCUT2D eigenvalue weighted by Gasteiger charge is 2.34. The fourth-order valence-electron chi connectivity index (χ4n) is 3.25. The predicted octanol–water partition coefficient (Wildman–Crippen LogP) is 3.90. The quantitative estimate of drug-likeness (QED) is 0.917. The number of carboxylic acid groups (broad SMARTS) is 1. The molecule has 5 heteroatoms. The number of benzene rings is 2. The van der Waals surface area contributed by atoms with Crippen molar-refractivity contribution < 1.29 is 19.4 Å². The van der Waals surface area contributed by atoms with Crippen LogP contribution >= 0.6 is 0 Å². The van der Waals surface area contributed by atoms with Gasteiger partial charge in [0.25, 0.3) is 0 Å². The van der Waals surface area contributed by atoms with Gasteiger partial charge in [-0.2, -0.15) is 0 Å². The van der Waals surface area contributed by atoms with E-state index in [-0.39, 0.29) is 30.2 Å². The van der Waals surface area contributed by atoms with Gasteiger partial charge in [-0.25, -0.2) is 9.59 Å². The molecule has 2 aromatic rings. The molecule has 3 rings (SSSR count). The smallest absolute Gasteiger partial charge is 0.410 e. The van der Waals surface area contributed by atoms with E-state index in [9.17, 15) is 9.59 Å². The summed E-state index contributed by atoms with van der Waals surface area (Å²) in [6.45, 7) is 2.78. The van der Waals surface area contributed by atoms with Gasteiger partial charge in [0, 0.05) is 18.5 Å². The van der Waals surface area contributed by atoms with E-state index in [1.165, 1.54) is 0 Å². The van der Waals surface area contributed by atoms with Crippen LogP contribution in [0.1, 0.15) is 40.7 Å². The molecule has 2 aromatic carbocycles. The van der Waals surface area contributed by atoms with Crippen LogP contribution in [0.2, 0.25) is 0 Å². The van der Waals surface area contributed by atoms with Crippen molar-refractivity contribution in [2.24, 2.45) is 0 Å². The van der Waals surface area contributed by atoms with E-state index in [0.717, 1.165) is 17.5 Å². The second-order valence-corrected chi connectivity index (χ2v) is 6.40. The summed E-state index contributed by atoms with van der Waals surface area (Å²) in [5.41, 5.74) is 2.17. The highest BCUT2D eigenvalue weighted by Crippen LogP contribution is 2.32. The van der Waals surface area contributed by atoms with Gasteiger partial charge in [0.2, 0.25) is 0 Å². The third kappa shape index (κ3) is 3.99. The molecule has 0 bridgehead atoms. The van der Waals surface area contributed by atoms with Gasteiger partial charge < -0.3 is 14.7 Å². The standard InChI is InChI=1S/C20H21NO4/c1-14-10-18(16-8-5-9-17(11-16)19(22)23)12-21(14)20(24)25-13-15-6-3-2-4-7-15/h2-9,11,14,18H,10,12-13H2,1H3,(H,22,23)/t14-,18+/m1/s1. The number of amides is 1. The van der Waals surface area contributed by atoms with E-state index in [1.807, 2.05) is 43.3 Å². The molecule has 1 aliphatic heterocycles. The van der Waals surface area contributed by atoms with Crippen LogP contribution in [0.3, 0.4) is 0 Å². The number of carbonyl (C=O) groups is 2. The van der Waals surface area contributed by atoms with Crippen molar-refractivity contribution in [2.45, 2.75) is 31.9 Å². The van der Waals surface area contributed by atoms with E-state index >= 15 is 0 Å². The zero-order valence-corrected chi connectivity index (χ0v) is 14.1. The van der Waals surface area contributed by atoms with E-state index in [0.29, 0.717) is 6.54 Å². The molecule has 130 valence electrons. The monoisotopic (exact) mass is 339 g/mol. The Balaban J connectivity index is 1.63. The number of aromatic carboxylic acids is 1. The van der Waals surface area contributed by atoms with Crippen molar-refractivity contribution in [1.82, 2.24) is 4.90 Å². The summed E-state index contributed by atoms with van der Waals surface area (Å²) >= 11 is 0. The molecule has 1 aliphatic rings. The van der Waals surface area contributed by atoms with Crippen LogP contribution in [0.25, 0.3) is 0 Å². The molecule has 2 atom stereocenters. The lowest BCUT2D eigenvalue weighted by Gasteiger charge is -2.21. The van der Waals surface area contributed by atoms with Crippen molar-refractivity contribution in [3.63, 3.8) is 0 Å². The van der Waals surface area contributed by atoms with Gasteiger partial charge in [-0.15, -0.1) is 0 Å². The van der Waals surface area contributed by atoms with Gasteiger partial charge in [-0.05, 0) is 36.6 Å². The number of likely N-dealkylation sites (tertiary alicyclic amines) is 1. The lowest BCUT2D eigenvalue weighted by Crippen LogP contribution is -2.34. The largest absolute Gasteiger partial charge is 0.478 e. The Morgan fingerprint density at radius 3 is 2.64 bits per heavy atom. The molecular weight excluding hydrogens is 318 g/mol. The van der Waals surface area contributed by atoms with Crippen molar-refractivity contribution in [3.05, 3.63) is 71.3 Å². The number of carboxylic acids is 1. The molecule has 0 spiro atoms. The Labute approximate surface area is 146 Å². The number of ether oxygens (including phenoxy) is 1. The Morgan fingerprint density at radius 2 is 1.92 bits per heavy atom. The van der Waals surface area contributed by atoms with Gasteiger partial charge in [-0.3, -0.25) is 0 Å². The molecule has 25 heavy (non-hydrogen) atoms. The molecule has 0 unspecified atom stereocenters. The topological polar surface area (TPSA) is 66.8 Å². The van der Waals surface area contributed by atoms with E-state index < -0.39 is 5.97 Å². The van der Waals surface area contributed by atoms with Crippen LogP contribution in [-0.2, 0) is 11.3 Å². The van der Waals surface area contributed by atoms with Crippen molar-refractivity contribution in [1.29, 1.82) is 0 Å². The first-order valence-corrected chi connectivity index (χ1v) is 8.35. The van der Waals surface area contributed by atoms with Crippen molar-refractivity contribution in [3.8, 4) is 0 Å². The summed E-state index contributed by atoms with van der Waals surface area (Å²) in [7, 11) is 0. The Hall–Kier alpha value is -2.82. The number of rotatable bonds is 4. The summed E-state index contributed by atoms with van der Waals surface area (Å²) < 4.78 is 5.42. The summed E-state index contributed by atoms with van der Waals surface area (Å²) in [6.07, 6.45) is 0.469. The van der Waals surface area contributed by atoms with Crippen LogP contribution < -0.4 is 0 Å². The number of nitrogens with zero attached hydrogens (tertiary/aromatic N) is 1. The zero-order chi connectivity index (χ0) is 17.8. The summed E-state index contributed by atoms with van der Waals surface area (Å²) in [5.74, 6) is -0.814. The summed E-state index contributed by atoms with van der Waals surface area (Å²) in [4.78, 5) is 25.3. The van der Waals surface area contributed by atoms with Crippen LogP contribution in [0.5, 0.6) is 0 Å². The second-order valence-electron chi connectivity index (χ2n) is 6.40. The molecule has 1 N–H and O–H groups in total.